The standard InChI is InChI=1S/C13H17FO2/c1-16-12-4-2-3-9-13(12,15)10-5-7-11(14)8-6-10/h5-8,12,15H,2-4,9H2,1H3. The zero-order valence-corrected chi connectivity index (χ0v) is 9.45. The van der Waals surface area contributed by atoms with E-state index in [2.05, 4.69) is 0 Å². The first-order chi connectivity index (χ1) is 7.66. The third-order valence-electron chi connectivity index (χ3n) is 3.44. The number of benzene rings is 1. The lowest BCUT2D eigenvalue weighted by Crippen LogP contribution is -2.43. The monoisotopic (exact) mass is 224 g/mol. The molecule has 2 rings (SSSR count). The molecule has 0 aliphatic heterocycles. The van der Waals surface area contributed by atoms with Gasteiger partial charge in [0.05, 0.1) is 6.10 Å². The number of ether oxygens (including phenoxy) is 1. The number of aliphatic hydroxyl groups is 1. The van der Waals surface area contributed by atoms with Crippen molar-refractivity contribution in [1.29, 1.82) is 0 Å². The van der Waals surface area contributed by atoms with E-state index >= 15 is 0 Å². The van der Waals surface area contributed by atoms with Crippen molar-refractivity contribution >= 4 is 0 Å². The lowest BCUT2D eigenvalue weighted by molar-refractivity contribution is -0.122. The SMILES string of the molecule is COC1CCCCC1(O)c1ccc(F)cc1. The van der Waals surface area contributed by atoms with Crippen LogP contribution in [0.15, 0.2) is 24.3 Å². The Morgan fingerprint density at radius 3 is 2.62 bits per heavy atom. The van der Waals surface area contributed by atoms with Crippen LogP contribution in [0.4, 0.5) is 4.39 Å². The molecule has 0 bridgehead atoms. The largest absolute Gasteiger partial charge is 0.382 e. The average molecular weight is 224 g/mol. The summed E-state index contributed by atoms with van der Waals surface area (Å²) in [6, 6.07) is 6.06. The second-order valence-electron chi connectivity index (χ2n) is 4.40. The summed E-state index contributed by atoms with van der Waals surface area (Å²) in [6.07, 6.45) is 3.39. The third-order valence-corrected chi connectivity index (χ3v) is 3.44. The quantitative estimate of drug-likeness (QED) is 0.836. The van der Waals surface area contributed by atoms with Crippen LogP contribution in [-0.4, -0.2) is 18.3 Å². The minimum Gasteiger partial charge on any atom is -0.382 e. The smallest absolute Gasteiger partial charge is 0.123 e. The zero-order valence-electron chi connectivity index (χ0n) is 9.45. The molecule has 2 unspecified atom stereocenters. The number of hydrogen-bond acceptors (Lipinski definition) is 2. The predicted octanol–water partition coefficient (Wildman–Crippen LogP) is 2.60. The van der Waals surface area contributed by atoms with Crippen LogP contribution in [0.25, 0.3) is 0 Å². The fraction of sp³-hybridized carbons (Fsp3) is 0.538. The second kappa shape index (κ2) is 4.52. The molecule has 0 heterocycles. The van der Waals surface area contributed by atoms with Gasteiger partial charge in [-0.3, -0.25) is 0 Å². The van der Waals surface area contributed by atoms with Crippen molar-refractivity contribution in [2.45, 2.75) is 37.4 Å². The molecule has 2 nitrogen and oxygen atoms in total. The summed E-state index contributed by atoms with van der Waals surface area (Å²) in [6.45, 7) is 0. The molecule has 1 aliphatic carbocycles. The Morgan fingerprint density at radius 1 is 1.31 bits per heavy atom. The summed E-state index contributed by atoms with van der Waals surface area (Å²) in [5.41, 5.74) is -0.207. The first kappa shape index (κ1) is 11.6. The van der Waals surface area contributed by atoms with Crippen molar-refractivity contribution in [3.63, 3.8) is 0 Å². The highest BCUT2D eigenvalue weighted by Crippen LogP contribution is 2.38. The number of methoxy groups -OCH3 is 1. The van der Waals surface area contributed by atoms with Crippen molar-refractivity contribution in [3.8, 4) is 0 Å². The molecule has 0 saturated heterocycles. The molecule has 1 saturated carbocycles. The van der Waals surface area contributed by atoms with E-state index in [1.54, 1.807) is 19.2 Å². The Kier molecular flexibility index (Phi) is 3.26. The Labute approximate surface area is 95.1 Å². The normalized spacial score (nSPS) is 30.3. The molecule has 0 aromatic heterocycles. The maximum Gasteiger partial charge on any atom is 0.123 e. The van der Waals surface area contributed by atoms with E-state index in [4.69, 9.17) is 4.74 Å². The summed E-state index contributed by atoms with van der Waals surface area (Å²) < 4.78 is 18.2. The van der Waals surface area contributed by atoms with E-state index in [9.17, 15) is 9.50 Å². The van der Waals surface area contributed by atoms with Gasteiger partial charge < -0.3 is 9.84 Å². The molecule has 1 aromatic carbocycles. The van der Waals surface area contributed by atoms with Crippen molar-refractivity contribution in [2.24, 2.45) is 0 Å². The molecule has 0 amide bonds. The summed E-state index contributed by atoms with van der Waals surface area (Å²) in [4.78, 5) is 0. The fourth-order valence-corrected chi connectivity index (χ4v) is 2.51. The van der Waals surface area contributed by atoms with E-state index in [0.717, 1.165) is 24.8 Å². The Balaban J connectivity index is 2.31. The van der Waals surface area contributed by atoms with Gasteiger partial charge in [0.25, 0.3) is 0 Å². The van der Waals surface area contributed by atoms with Gasteiger partial charge in [0, 0.05) is 7.11 Å². The van der Waals surface area contributed by atoms with Crippen LogP contribution in [0, 0.1) is 5.82 Å². The van der Waals surface area contributed by atoms with Crippen LogP contribution in [0.2, 0.25) is 0 Å². The maximum absolute atomic E-state index is 12.8. The summed E-state index contributed by atoms with van der Waals surface area (Å²) in [5.74, 6) is -0.280. The molecule has 0 radical (unpaired) electrons. The van der Waals surface area contributed by atoms with E-state index in [-0.39, 0.29) is 11.9 Å². The lowest BCUT2D eigenvalue weighted by Gasteiger charge is -2.39. The third kappa shape index (κ3) is 1.97. The molecule has 1 N–H and O–H groups in total. The molecule has 1 fully saturated rings. The zero-order chi connectivity index (χ0) is 11.6. The Bertz CT molecular complexity index is 349. The highest BCUT2D eigenvalue weighted by atomic mass is 19.1. The molecular weight excluding hydrogens is 207 g/mol. The molecule has 16 heavy (non-hydrogen) atoms. The van der Waals surface area contributed by atoms with Crippen LogP contribution in [0.3, 0.4) is 0 Å². The van der Waals surface area contributed by atoms with Crippen molar-refractivity contribution in [2.75, 3.05) is 7.11 Å². The average Bonchev–Trinajstić information content (AvgIpc) is 2.30. The summed E-state index contributed by atoms with van der Waals surface area (Å²) in [7, 11) is 1.62. The van der Waals surface area contributed by atoms with E-state index in [0.29, 0.717) is 6.42 Å². The van der Waals surface area contributed by atoms with Gasteiger partial charge in [-0.15, -0.1) is 0 Å². The molecule has 3 heteroatoms. The van der Waals surface area contributed by atoms with Gasteiger partial charge in [0.15, 0.2) is 0 Å². The first-order valence-corrected chi connectivity index (χ1v) is 5.68. The van der Waals surface area contributed by atoms with Crippen LogP contribution < -0.4 is 0 Å². The first-order valence-electron chi connectivity index (χ1n) is 5.68. The molecule has 2 atom stereocenters. The van der Waals surface area contributed by atoms with Crippen LogP contribution in [0.5, 0.6) is 0 Å². The van der Waals surface area contributed by atoms with Gasteiger partial charge in [-0.25, -0.2) is 4.39 Å². The topological polar surface area (TPSA) is 29.5 Å². The summed E-state index contributed by atoms with van der Waals surface area (Å²) in [5, 5.41) is 10.6. The van der Waals surface area contributed by atoms with E-state index < -0.39 is 5.60 Å². The Morgan fingerprint density at radius 2 is 2.00 bits per heavy atom. The summed E-state index contributed by atoms with van der Waals surface area (Å²) >= 11 is 0. The van der Waals surface area contributed by atoms with Crippen molar-refractivity contribution < 1.29 is 14.2 Å². The van der Waals surface area contributed by atoms with E-state index in [1.165, 1.54) is 12.1 Å². The van der Waals surface area contributed by atoms with Crippen molar-refractivity contribution in [1.82, 2.24) is 0 Å². The molecule has 88 valence electrons. The van der Waals surface area contributed by atoms with Crippen LogP contribution >= 0.6 is 0 Å². The molecule has 0 spiro atoms. The van der Waals surface area contributed by atoms with Gasteiger partial charge in [-0.2, -0.15) is 0 Å². The van der Waals surface area contributed by atoms with Crippen LogP contribution in [0.1, 0.15) is 31.2 Å². The van der Waals surface area contributed by atoms with E-state index in [1.807, 2.05) is 0 Å². The second-order valence-corrected chi connectivity index (χ2v) is 4.40. The van der Waals surface area contributed by atoms with Crippen LogP contribution in [-0.2, 0) is 10.3 Å². The predicted molar refractivity (Wildman–Crippen MR) is 59.6 cm³/mol. The van der Waals surface area contributed by atoms with Crippen molar-refractivity contribution in [3.05, 3.63) is 35.6 Å². The highest BCUT2D eigenvalue weighted by molar-refractivity contribution is 5.25. The molecular formula is C13H17FO2. The van der Waals surface area contributed by atoms with Gasteiger partial charge in [0.1, 0.15) is 11.4 Å². The van der Waals surface area contributed by atoms with Gasteiger partial charge in [-0.05, 0) is 30.5 Å². The maximum atomic E-state index is 12.8. The number of halogens is 1. The lowest BCUT2D eigenvalue weighted by atomic mass is 9.77. The number of rotatable bonds is 2. The molecule has 1 aliphatic rings. The fourth-order valence-electron chi connectivity index (χ4n) is 2.51. The molecule has 1 aromatic rings. The number of hydrogen-bond donors (Lipinski definition) is 1. The van der Waals surface area contributed by atoms with Gasteiger partial charge in [-0.1, -0.05) is 25.0 Å². The van der Waals surface area contributed by atoms with Gasteiger partial charge in [0.2, 0.25) is 0 Å². The minimum atomic E-state index is -0.958. The van der Waals surface area contributed by atoms with Gasteiger partial charge >= 0.3 is 0 Å². The minimum absolute atomic E-state index is 0.188. The Hall–Kier alpha value is -0.930. The highest BCUT2D eigenvalue weighted by Gasteiger charge is 2.40.